The molecule has 2 aromatic carbocycles. The number of anilines is 1. The molecule has 0 aromatic heterocycles. The zero-order valence-corrected chi connectivity index (χ0v) is 16.7. The lowest BCUT2D eigenvalue weighted by molar-refractivity contribution is -0.133. The summed E-state index contributed by atoms with van der Waals surface area (Å²) >= 11 is 0. The molecule has 3 amide bonds. The summed E-state index contributed by atoms with van der Waals surface area (Å²) in [5.41, 5.74) is 1.61. The Kier molecular flexibility index (Phi) is 7.19. The molecule has 3 rings (SSSR count). The molecule has 0 atom stereocenters. The van der Waals surface area contributed by atoms with E-state index < -0.39 is 0 Å². The number of para-hydroxylation sites is 1. The quantitative estimate of drug-likeness (QED) is 0.814. The van der Waals surface area contributed by atoms with Gasteiger partial charge in [-0.2, -0.15) is 0 Å². The maximum absolute atomic E-state index is 13.4. The number of rotatable bonds is 6. The van der Waals surface area contributed by atoms with Crippen LogP contribution in [0.25, 0.3) is 0 Å². The average molecular weight is 398 g/mol. The number of piperazine rings is 1. The number of hydrogen-bond acceptors (Lipinski definition) is 3. The number of carbonyl (C=O) groups excluding carboxylic acids is 2. The van der Waals surface area contributed by atoms with E-state index in [-0.39, 0.29) is 24.3 Å². The monoisotopic (exact) mass is 398 g/mol. The van der Waals surface area contributed by atoms with Gasteiger partial charge in [0.1, 0.15) is 5.82 Å². The lowest BCUT2D eigenvalue weighted by Gasteiger charge is -2.35. The van der Waals surface area contributed by atoms with Crippen molar-refractivity contribution in [2.75, 3.05) is 44.6 Å². The molecule has 0 unspecified atom stereocenters. The summed E-state index contributed by atoms with van der Waals surface area (Å²) < 4.78 is 13.4. The molecular weight excluding hydrogens is 371 g/mol. The summed E-state index contributed by atoms with van der Waals surface area (Å²) in [7, 11) is 0. The van der Waals surface area contributed by atoms with Crippen molar-refractivity contribution >= 4 is 17.6 Å². The number of halogens is 1. The van der Waals surface area contributed by atoms with Crippen molar-refractivity contribution in [2.45, 2.75) is 13.5 Å². The lowest BCUT2D eigenvalue weighted by atomic mass is 10.2. The molecule has 154 valence electrons. The van der Waals surface area contributed by atoms with Gasteiger partial charge in [0.05, 0.1) is 6.54 Å². The van der Waals surface area contributed by atoms with Gasteiger partial charge in [0.25, 0.3) is 0 Å². The number of urea groups is 1. The van der Waals surface area contributed by atoms with Crippen LogP contribution in [0.15, 0.2) is 54.6 Å². The van der Waals surface area contributed by atoms with Crippen LogP contribution in [0.2, 0.25) is 0 Å². The maximum Gasteiger partial charge on any atom is 0.321 e. The first-order valence-corrected chi connectivity index (χ1v) is 9.90. The van der Waals surface area contributed by atoms with Gasteiger partial charge in [-0.3, -0.25) is 9.69 Å². The van der Waals surface area contributed by atoms with E-state index in [0.717, 1.165) is 11.3 Å². The Morgan fingerprint density at radius 2 is 1.69 bits per heavy atom. The SMILES string of the molecule is CCN(CC(=O)N1CCN(C(=O)Nc2ccccc2)CC1)Cc1cccc(F)c1. The second-order valence-corrected chi connectivity index (χ2v) is 7.10. The standard InChI is InChI=1S/C22H27FN4O2/c1-2-25(16-18-7-6-8-19(23)15-18)17-21(28)26-11-13-27(14-12-26)22(29)24-20-9-4-3-5-10-20/h3-10,15H,2,11-14,16-17H2,1H3,(H,24,29). The van der Waals surface area contributed by atoms with Crippen LogP contribution in [-0.2, 0) is 11.3 Å². The molecule has 0 aliphatic carbocycles. The minimum absolute atomic E-state index is 0.0337. The Balaban J connectivity index is 1.47. The topological polar surface area (TPSA) is 55.9 Å². The van der Waals surface area contributed by atoms with Crippen LogP contribution in [0.5, 0.6) is 0 Å². The molecule has 6 nitrogen and oxygen atoms in total. The van der Waals surface area contributed by atoms with Gasteiger partial charge in [0.15, 0.2) is 0 Å². The molecule has 0 bridgehead atoms. The van der Waals surface area contributed by atoms with Crippen molar-refractivity contribution in [1.29, 1.82) is 0 Å². The van der Waals surface area contributed by atoms with Gasteiger partial charge >= 0.3 is 6.03 Å². The largest absolute Gasteiger partial charge is 0.338 e. The van der Waals surface area contributed by atoms with Gasteiger partial charge in [-0.1, -0.05) is 37.3 Å². The summed E-state index contributed by atoms with van der Waals surface area (Å²) in [5.74, 6) is -0.235. The van der Waals surface area contributed by atoms with Crippen LogP contribution >= 0.6 is 0 Å². The molecule has 0 spiro atoms. The highest BCUT2D eigenvalue weighted by Gasteiger charge is 2.25. The molecule has 1 N–H and O–H groups in total. The summed E-state index contributed by atoms with van der Waals surface area (Å²) in [6, 6.07) is 15.6. The van der Waals surface area contributed by atoms with Crippen LogP contribution in [-0.4, -0.2) is 65.9 Å². The van der Waals surface area contributed by atoms with E-state index in [4.69, 9.17) is 0 Å². The van der Waals surface area contributed by atoms with E-state index in [2.05, 4.69) is 5.32 Å². The summed E-state index contributed by atoms with van der Waals surface area (Å²) in [4.78, 5) is 30.6. The fraction of sp³-hybridized carbons (Fsp3) is 0.364. The lowest BCUT2D eigenvalue weighted by Crippen LogP contribution is -2.53. The Morgan fingerprint density at radius 3 is 2.34 bits per heavy atom. The van der Waals surface area contributed by atoms with E-state index in [1.54, 1.807) is 15.9 Å². The molecule has 1 saturated heterocycles. The van der Waals surface area contributed by atoms with E-state index >= 15 is 0 Å². The molecule has 0 saturated carbocycles. The zero-order chi connectivity index (χ0) is 20.6. The molecule has 1 aliphatic heterocycles. The number of likely N-dealkylation sites (N-methyl/N-ethyl adjacent to an activating group) is 1. The van der Waals surface area contributed by atoms with Gasteiger partial charge in [-0.15, -0.1) is 0 Å². The average Bonchev–Trinajstić information content (AvgIpc) is 2.74. The van der Waals surface area contributed by atoms with Crippen molar-refractivity contribution in [1.82, 2.24) is 14.7 Å². The summed E-state index contributed by atoms with van der Waals surface area (Å²) in [6.07, 6.45) is 0. The summed E-state index contributed by atoms with van der Waals surface area (Å²) in [6.45, 7) is 5.51. The third-order valence-electron chi connectivity index (χ3n) is 5.05. The van der Waals surface area contributed by atoms with Crippen molar-refractivity contribution in [3.63, 3.8) is 0 Å². The fourth-order valence-corrected chi connectivity index (χ4v) is 3.35. The van der Waals surface area contributed by atoms with Crippen LogP contribution in [0.3, 0.4) is 0 Å². The summed E-state index contributed by atoms with van der Waals surface area (Å²) in [5, 5.41) is 2.87. The van der Waals surface area contributed by atoms with E-state index in [1.165, 1.54) is 12.1 Å². The molecule has 1 fully saturated rings. The number of nitrogens with one attached hydrogen (secondary N) is 1. The fourth-order valence-electron chi connectivity index (χ4n) is 3.35. The maximum atomic E-state index is 13.4. The predicted octanol–water partition coefficient (Wildman–Crippen LogP) is 3.02. The van der Waals surface area contributed by atoms with E-state index in [9.17, 15) is 14.0 Å². The molecule has 0 radical (unpaired) electrons. The normalized spacial score (nSPS) is 14.2. The first kappa shape index (κ1) is 20.8. The van der Waals surface area contributed by atoms with Gasteiger partial charge in [-0.05, 0) is 36.4 Å². The van der Waals surface area contributed by atoms with Gasteiger partial charge in [0.2, 0.25) is 5.91 Å². The minimum Gasteiger partial charge on any atom is -0.338 e. The highest BCUT2D eigenvalue weighted by Crippen LogP contribution is 2.11. The number of carbonyl (C=O) groups is 2. The van der Waals surface area contributed by atoms with Gasteiger partial charge in [0, 0.05) is 38.4 Å². The third-order valence-corrected chi connectivity index (χ3v) is 5.05. The second kappa shape index (κ2) is 10.0. The molecular formula is C22H27FN4O2. The molecule has 7 heteroatoms. The molecule has 29 heavy (non-hydrogen) atoms. The van der Waals surface area contributed by atoms with Crippen molar-refractivity contribution in [3.8, 4) is 0 Å². The van der Waals surface area contributed by atoms with Crippen molar-refractivity contribution in [2.24, 2.45) is 0 Å². The molecule has 2 aromatic rings. The van der Waals surface area contributed by atoms with Crippen LogP contribution in [0.1, 0.15) is 12.5 Å². The highest BCUT2D eigenvalue weighted by molar-refractivity contribution is 5.89. The first-order valence-electron chi connectivity index (χ1n) is 9.90. The molecule has 1 heterocycles. The van der Waals surface area contributed by atoms with Crippen molar-refractivity contribution in [3.05, 3.63) is 66.0 Å². The zero-order valence-electron chi connectivity index (χ0n) is 16.7. The highest BCUT2D eigenvalue weighted by atomic mass is 19.1. The first-order chi connectivity index (χ1) is 14.0. The number of nitrogens with zero attached hydrogens (tertiary/aromatic N) is 3. The Bertz CT molecular complexity index is 823. The van der Waals surface area contributed by atoms with Gasteiger partial charge in [-0.25, -0.2) is 9.18 Å². The van der Waals surface area contributed by atoms with Crippen LogP contribution < -0.4 is 5.32 Å². The molecule has 1 aliphatic rings. The Labute approximate surface area is 170 Å². The van der Waals surface area contributed by atoms with E-state index in [1.807, 2.05) is 48.2 Å². The van der Waals surface area contributed by atoms with Crippen LogP contribution in [0, 0.1) is 5.82 Å². The van der Waals surface area contributed by atoms with Crippen molar-refractivity contribution < 1.29 is 14.0 Å². The Hall–Kier alpha value is -2.93. The second-order valence-electron chi connectivity index (χ2n) is 7.10. The number of amides is 3. The minimum atomic E-state index is -0.269. The Morgan fingerprint density at radius 1 is 1.00 bits per heavy atom. The number of hydrogen-bond donors (Lipinski definition) is 1. The smallest absolute Gasteiger partial charge is 0.321 e. The van der Waals surface area contributed by atoms with E-state index in [0.29, 0.717) is 39.3 Å². The predicted molar refractivity (Wildman–Crippen MR) is 111 cm³/mol. The third kappa shape index (κ3) is 6.02. The number of benzene rings is 2. The van der Waals surface area contributed by atoms with Gasteiger partial charge < -0.3 is 15.1 Å². The van der Waals surface area contributed by atoms with Crippen LogP contribution in [0.4, 0.5) is 14.9 Å².